The first-order chi connectivity index (χ1) is 7.78. The smallest absolute Gasteiger partial charge is 0.148 e. The third kappa shape index (κ3) is 1.81. The van der Waals surface area contributed by atoms with Gasteiger partial charge >= 0.3 is 0 Å². The molecule has 3 heteroatoms. The van der Waals surface area contributed by atoms with Crippen LogP contribution in [0.2, 0.25) is 0 Å². The van der Waals surface area contributed by atoms with Crippen molar-refractivity contribution in [3.05, 3.63) is 30.0 Å². The first-order valence-electron chi connectivity index (χ1n) is 5.29. The fourth-order valence-corrected chi connectivity index (χ4v) is 1.70. The van der Waals surface area contributed by atoms with Crippen LogP contribution in [0.25, 0.3) is 10.9 Å². The van der Waals surface area contributed by atoms with Crippen LogP contribution >= 0.6 is 0 Å². The highest BCUT2D eigenvalue weighted by Gasteiger charge is 2.06. The quantitative estimate of drug-likeness (QED) is 0.792. The molecule has 0 aliphatic carbocycles. The average molecular weight is 217 g/mol. The van der Waals surface area contributed by atoms with Gasteiger partial charge in [-0.1, -0.05) is 6.92 Å². The van der Waals surface area contributed by atoms with Crippen LogP contribution in [0.3, 0.4) is 0 Å². The summed E-state index contributed by atoms with van der Waals surface area (Å²) in [6.07, 6.45) is 2.86. The molecular formula is C13H15NO2. The Labute approximate surface area is 95.0 Å². The number of aromatic nitrogens is 1. The van der Waals surface area contributed by atoms with Crippen molar-refractivity contribution < 1.29 is 9.47 Å². The molecule has 3 nitrogen and oxygen atoms in total. The summed E-state index contributed by atoms with van der Waals surface area (Å²) < 4.78 is 10.5. The summed E-state index contributed by atoms with van der Waals surface area (Å²) in [5.74, 6) is 1.54. The van der Waals surface area contributed by atoms with E-state index < -0.39 is 0 Å². The van der Waals surface area contributed by atoms with Crippen molar-refractivity contribution in [3.8, 4) is 11.5 Å². The lowest BCUT2D eigenvalue weighted by molar-refractivity contribution is 0.397. The second kappa shape index (κ2) is 4.39. The van der Waals surface area contributed by atoms with Crippen molar-refractivity contribution in [1.82, 2.24) is 4.98 Å². The Morgan fingerprint density at radius 2 is 1.94 bits per heavy atom. The summed E-state index contributed by atoms with van der Waals surface area (Å²) in [6.45, 7) is 2.11. The van der Waals surface area contributed by atoms with Crippen LogP contribution in [-0.2, 0) is 6.42 Å². The first kappa shape index (κ1) is 10.7. The number of pyridine rings is 1. The molecule has 16 heavy (non-hydrogen) atoms. The summed E-state index contributed by atoms with van der Waals surface area (Å²) >= 11 is 0. The molecule has 0 saturated carbocycles. The Kier molecular flexibility index (Phi) is 2.95. The molecule has 0 unspecified atom stereocenters. The molecule has 0 atom stereocenters. The van der Waals surface area contributed by atoms with Gasteiger partial charge in [-0.15, -0.1) is 0 Å². The summed E-state index contributed by atoms with van der Waals surface area (Å²) in [5.41, 5.74) is 2.09. The fourth-order valence-electron chi connectivity index (χ4n) is 1.70. The Hall–Kier alpha value is -1.77. The van der Waals surface area contributed by atoms with Crippen LogP contribution in [0, 0.1) is 0 Å². The lowest BCUT2D eigenvalue weighted by atomic mass is 10.1. The average Bonchev–Trinajstić information content (AvgIpc) is 2.36. The number of hydrogen-bond donors (Lipinski definition) is 0. The number of hydrogen-bond acceptors (Lipinski definition) is 3. The predicted octanol–water partition coefficient (Wildman–Crippen LogP) is 2.81. The maximum Gasteiger partial charge on any atom is 0.148 e. The van der Waals surface area contributed by atoms with Gasteiger partial charge in [-0.25, -0.2) is 0 Å². The molecule has 84 valence electrons. The third-order valence-corrected chi connectivity index (χ3v) is 2.64. The van der Waals surface area contributed by atoms with Gasteiger partial charge in [0.15, 0.2) is 0 Å². The SMILES string of the molecule is CCc1cnc2c(OC)cc(OC)cc2c1. The highest BCUT2D eigenvalue weighted by atomic mass is 16.5. The van der Waals surface area contributed by atoms with E-state index in [1.165, 1.54) is 5.56 Å². The Balaban J connectivity index is 2.68. The molecule has 1 aromatic heterocycles. The Bertz CT molecular complexity index is 503. The van der Waals surface area contributed by atoms with Crippen molar-refractivity contribution in [1.29, 1.82) is 0 Å². The largest absolute Gasteiger partial charge is 0.497 e. The predicted molar refractivity (Wildman–Crippen MR) is 64.2 cm³/mol. The monoisotopic (exact) mass is 217 g/mol. The van der Waals surface area contributed by atoms with E-state index in [9.17, 15) is 0 Å². The zero-order valence-corrected chi connectivity index (χ0v) is 9.78. The topological polar surface area (TPSA) is 31.4 Å². The zero-order valence-electron chi connectivity index (χ0n) is 9.78. The van der Waals surface area contributed by atoms with Crippen molar-refractivity contribution in [2.75, 3.05) is 14.2 Å². The third-order valence-electron chi connectivity index (χ3n) is 2.64. The molecule has 0 saturated heterocycles. The van der Waals surface area contributed by atoms with Crippen molar-refractivity contribution in [3.63, 3.8) is 0 Å². The van der Waals surface area contributed by atoms with Gasteiger partial charge in [-0.05, 0) is 24.1 Å². The van der Waals surface area contributed by atoms with Gasteiger partial charge < -0.3 is 9.47 Å². The molecule has 1 heterocycles. The van der Waals surface area contributed by atoms with E-state index in [2.05, 4.69) is 18.0 Å². The number of nitrogens with zero attached hydrogens (tertiary/aromatic N) is 1. The highest BCUT2D eigenvalue weighted by molar-refractivity contribution is 5.86. The van der Waals surface area contributed by atoms with Crippen LogP contribution in [0.1, 0.15) is 12.5 Å². The van der Waals surface area contributed by atoms with Gasteiger partial charge in [0.25, 0.3) is 0 Å². The van der Waals surface area contributed by atoms with Crippen molar-refractivity contribution >= 4 is 10.9 Å². The minimum atomic E-state index is 0.747. The number of aryl methyl sites for hydroxylation is 1. The van der Waals surface area contributed by atoms with Gasteiger partial charge in [0.1, 0.15) is 17.0 Å². The van der Waals surface area contributed by atoms with Gasteiger partial charge in [0.05, 0.1) is 14.2 Å². The second-order valence-electron chi connectivity index (χ2n) is 3.60. The van der Waals surface area contributed by atoms with E-state index in [1.54, 1.807) is 14.2 Å². The number of benzene rings is 1. The molecule has 0 fully saturated rings. The number of ether oxygens (including phenoxy) is 2. The molecule has 0 N–H and O–H groups in total. The molecule has 0 amide bonds. The Morgan fingerprint density at radius 1 is 1.12 bits per heavy atom. The molecule has 1 aromatic carbocycles. The van der Waals surface area contributed by atoms with Crippen LogP contribution < -0.4 is 9.47 Å². The molecule has 2 rings (SSSR count). The van der Waals surface area contributed by atoms with Crippen LogP contribution in [0.5, 0.6) is 11.5 Å². The maximum atomic E-state index is 5.30. The van der Waals surface area contributed by atoms with Gasteiger partial charge in [0, 0.05) is 17.6 Å². The molecule has 2 aromatic rings. The number of fused-ring (bicyclic) bond motifs is 1. The van der Waals surface area contributed by atoms with Crippen molar-refractivity contribution in [2.45, 2.75) is 13.3 Å². The van der Waals surface area contributed by atoms with Gasteiger partial charge in [-0.2, -0.15) is 0 Å². The molecule has 0 bridgehead atoms. The summed E-state index contributed by atoms with van der Waals surface area (Å²) in [6, 6.07) is 5.94. The minimum Gasteiger partial charge on any atom is -0.497 e. The van der Waals surface area contributed by atoms with E-state index in [4.69, 9.17) is 9.47 Å². The molecule has 0 radical (unpaired) electrons. The van der Waals surface area contributed by atoms with E-state index >= 15 is 0 Å². The summed E-state index contributed by atoms with van der Waals surface area (Å²) in [5, 5.41) is 1.05. The molecule has 0 aliphatic heterocycles. The van der Waals surface area contributed by atoms with E-state index in [-0.39, 0.29) is 0 Å². The summed E-state index contributed by atoms with van der Waals surface area (Å²) in [7, 11) is 3.29. The first-order valence-corrected chi connectivity index (χ1v) is 5.29. The highest BCUT2D eigenvalue weighted by Crippen LogP contribution is 2.29. The summed E-state index contributed by atoms with van der Waals surface area (Å²) in [4.78, 5) is 4.42. The molecule has 0 spiro atoms. The fraction of sp³-hybridized carbons (Fsp3) is 0.308. The van der Waals surface area contributed by atoms with E-state index in [1.807, 2.05) is 18.3 Å². The van der Waals surface area contributed by atoms with E-state index in [0.717, 1.165) is 28.8 Å². The van der Waals surface area contributed by atoms with Crippen molar-refractivity contribution in [2.24, 2.45) is 0 Å². The number of rotatable bonds is 3. The van der Waals surface area contributed by atoms with Crippen LogP contribution in [-0.4, -0.2) is 19.2 Å². The van der Waals surface area contributed by atoms with Crippen LogP contribution in [0.15, 0.2) is 24.4 Å². The normalized spacial score (nSPS) is 10.4. The molecular weight excluding hydrogens is 202 g/mol. The Morgan fingerprint density at radius 3 is 2.56 bits per heavy atom. The van der Waals surface area contributed by atoms with Gasteiger partial charge in [-0.3, -0.25) is 4.98 Å². The lowest BCUT2D eigenvalue weighted by Gasteiger charge is -2.08. The maximum absolute atomic E-state index is 5.30. The second-order valence-corrected chi connectivity index (χ2v) is 3.60. The standard InChI is InChI=1S/C13H15NO2/c1-4-9-5-10-6-11(15-2)7-12(16-3)13(10)14-8-9/h5-8H,4H2,1-3H3. The minimum absolute atomic E-state index is 0.747. The molecule has 0 aliphatic rings. The lowest BCUT2D eigenvalue weighted by Crippen LogP contribution is -1.92. The number of methoxy groups -OCH3 is 2. The van der Waals surface area contributed by atoms with E-state index in [0.29, 0.717) is 0 Å². The van der Waals surface area contributed by atoms with Crippen LogP contribution in [0.4, 0.5) is 0 Å². The van der Waals surface area contributed by atoms with Gasteiger partial charge in [0.2, 0.25) is 0 Å². The zero-order chi connectivity index (χ0) is 11.5.